The number of rotatable bonds is 3. The molecule has 0 saturated carbocycles. The summed E-state index contributed by atoms with van der Waals surface area (Å²) in [6, 6.07) is 5.03. The summed E-state index contributed by atoms with van der Waals surface area (Å²) in [4.78, 5) is 0.262. The first kappa shape index (κ1) is 12.5. The molecular formula is C12H16O4S. The van der Waals surface area contributed by atoms with Crippen molar-refractivity contribution in [1.82, 2.24) is 0 Å². The molecule has 4 nitrogen and oxygen atoms in total. The number of sulfone groups is 1. The molecule has 1 aromatic carbocycles. The van der Waals surface area contributed by atoms with Crippen LogP contribution in [0.25, 0.3) is 0 Å². The van der Waals surface area contributed by atoms with Gasteiger partial charge in [0.15, 0.2) is 9.84 Å². The Balaban J connectivity index is 2.48. The van der Waals surface area contributed by atoms with Gasteiger partial charge in [-0.2, -0.15) is 0 Å². The third-order valence-electron chi connectivity index (χ3n) is 3.38. The number of aliphatic hydroxyl groups excluding tert-OH is 1. The first-order valence-corrected chi connectivity index (χ1v) is 6.92. The van der Waals surface area contributed by atoms with Gasteiger partial charge in [-0.3, -0.25) is 0 Å². The summed E-state index contributed by atoms with van der Waals surface area (Å²) >= 11 is 0. The maximum absolute atomic E-state index is 12.4. The van der Waals surface area contributed by atoms with E-state index in [1.807, 2.05) is 13.8 Å². The van der Waals surface area contributed by atoms with Gasteiger partial charge in [0.2, 0.25) is 0 Å². The van der Waals surface area contributed by atoms with Crippen LogP contribution in [0.5, 0.6) is 0 Å². The molecule has 5 heteroatoms. The Morgan fingerprint density at radius 2 is 1.94 bits per heavy atom. The smallest absolute Gasteiger partial charge is 0.190 e. The van der Waals surface area contributed by atoms with Crippen LogP contribution >= 0.6 is 0 Å². The maximum Gasteiger partial charge on any atom is 0.190 e. The molecule has 1 aromatic rings. The van der Waals surface area contributed by atoms with Crippen molar-refractivity contribution in [1.29, 1.82) is 0 Å². The second-order valence-electron chi connectivity index (χ2n) is 4.58. The summed E-state index contributed by atoms with van der Waals surface area (Å²) in [6.07, 6.45) is 0. The average Bonchev–Trinajstić information content (AvgIpc) is 2.20. The highest BCUT2D eigenvalue weighted by Gasteiger charge is 2.51. The molecule has 2 rings (SSSR count). The highest BCUT2D eigenvalue weighted by atomic mass is 32.2. The van der Waals surface area contributed by atoms with Crippen molar-refractivity contribution >= 4 is 9.84 Å². The second kappa shape index (κ2) is 4.08. The Morgan fingerprint density at radius 1 is 1.29 bits per heavy atom. The molecule has 94 valence electrons. The molecule has 1 N–H and O–H groups in total. The lowest BCUT2D eigenvalue weighted by molar-refractivity contribution is -0.0367. The molecule has 1 saturated heterocycles. The van der Waals surface area contributed by atoms with Gasteiger partial charge in [0.1, 0.15) is 4.75 Å². The Hall–Kier alpha value is -0.910. The van der Waals surface area contributed by atoms with Crippen LogP contribution in [0.3, 0.4) is 0 Å². The molecule has 0 aromatic heterocycles. The van der Waals surface area contributed by atoms with Gasteiger partial charge >= 0.3 is 0 Å². The number of ether oxygens (including phenoxy) is 1. The van der Waals surface area contributed by atoms with Crippen molar-refractivity contribution < 1.29 is 18.3 Å². The summed E-state index contributed by atoms with van der Waals surface area (Å²) < 4.78 is 28.6. The van der Waals surface area contributed by atoms with E-state index < -0.39 is 21.2 Å². The van der Waals surface area contributed by atoms with Crippen LogP contribution in [0.15, 0.2) is 23.1 Å². The minimum Gasteiger partial charge on any atom is -0.395 e. The van der Waals surface area contributed by atoms with Gasteiger partial charge in [-0.15, -0.1) is 0 Å². The normalized spacial score (nSPS) is 18.8. The molecule has 0 radical (unpaired) electrons. The first-order valence-electron chi connectivity index (χ1n) is 5.43. The maximum atomic E-state index is 12.4. The van der Waals surface area contributed by atoms with Gasteiger partial charge in [-0.25, -0.2) is 8.42 Å². The molecule has 1 aliphatic heterocycles. The lowest BCUT2D eigenvalue weighted by atomic mass is 10.1. The molecule has 0 unspecified atom stereocenters. The van der Waals surface area contributed by atoms with Crippen LogP contribution in [0.4, 0.5) is 0 Å². The van der Waals surface area contributed by atoms with Crippen molar-refractivity contribution in [2.24, 2.45) is 0 Å². The molecule has 17 heavy (non-hydrogen) atoms. The highest BCUT2D eigenvalue weighted by molar-refractivity contribution is 7.93. The lowest BCUT2D eigenvalue weighted by Gasteiger charge is -2.38. The molecule has 1 fully saturated rings. The van der Waals surface area contributed by atoms with Crippen molar-refractivity contribution in [2.45, 2.75) is 23.5 Å². The monoisotopic (exact) mass is 256 g/mol. The van der Waals surface area contributed by atoms with Crippen LogP contribution in [0.2, 0.25) is 0 Å². The summed E-state index contributed by atoms with van der Waals surface area (Å²) in [5.74, 6) is 0. The molecule has 0 aliphatic carbocycles. The fourth-order valence-electron chi connectivity index (χ4n) is 1.79. The fourth-order valence-corrected chi connectivity index (χ4v) is 3.52. The summed E-state index contributed by atoms with van der Waals surface area (Å²) in [7, 11) is -3.53. The van der Waals surface area contributed by atoms with Crippen LogP contribution in [-0.4, -0.2) is 38.1 Å². The number of benzene rings is 1. The predicted octanol–water partition coefficient (Wildman–Crippen LogP) is 0.838. The standard InChI is InChI=1S/C12H16O4S/c1-9-3-4-11(5-10(9)2)17(14,15)12(6-13)7-16-8-12/h3-5,13H,6-8H2,1-2H3. The summed E-state index contributed by atoms with van der Waals surface area (Å²) in [5, 5.41) is 9.30. The van der Waals surface area contributed by atoms with E-state index in [0.29, 0.717) is 0 Å². The summed E-state index contributed by atoms with van der Waals surface area (Å²) in [5.41, 5.74) is 1.98. The zero-order valence-corrected chi connectivity index (χ0v) is 10.8. The number of aliphatic hydroxyl groups is 1. The van der Waals surface area contributed by atoms with Crippen LogP contribution < -0.4 is 0 Å². The van der Waals surface area contributed by atoms with Crippen LogP contribution in [0.1, 0.15) is 11.1 Å². The third kappa shape index (κ3) is 1.78. The van der Waals surface area contributed by atoms with E-state index in [2.05, 4.69) is 0 Å². The van der Waals surface area contributed by atoms with Crippen molar-refractivity contribution in [3.63, 3.8) is 0 Å². The van der Waals surface area contributed by atoms with E-state index in [1.54, 1.807) is 18.2 Å². The molecular weight excluding hydrogens is 240 g/mol. The van der Waals surface area contributed by atoms with Gasteiger partial charge in [0.05, 0.1) is 24.7 Å². The Bertz CT molecular complexity index is 524. The van der Waals surface area contributed by atoms with Crippen LogP contribution in [0, 0.1) is 13.8 Å². The lowest BCUT2D eigenvalue weighted by Crippen LogP contribution is -2.58. The molecule has 0 spiro atoms. The fraction of sp³-hybridized carbons (Fsp3) is 0.500. The molecule has 1 aliphatic rings. The van der Waals surface area contributed by atoms with Gasteiger partial charge in [0.25, 0.3) is 0 Å². The molecule has 0 atom stereocenters. The zero-order chi connectivity index (χ0) is 12.7. The van der Waals surface area contributed by atoms with E-state index in [1.165, 1.54) is 0 Å². The van der Waals surface area contributed by atoms with Gasteiger partial charge in [0, 0.05) is 0 Å². The minimum atomic E-state index is -3.53. The highest BCUT2D eigenvalue weighted by Crippen LogP contribution is 2.32. The number of aryl methyl sites for hydroxylation is 2. The average molecular weight is 256 g/mol. The minimum absolute atomic E-state index is 0.0682. The van der Waals surface area contributed by atoms with Crippen LogP contribution in [-0.2, 0) is 14.6 Å². The van der Waals surface area contributed by atoms with Gasteiger partial charge < -0.3 is 9.84 Å². The van der Waals surface area contributed by atoms with Crippen molar-refractivity contribution in [3.05, 3.63) is 29.3 Å². The SMILES string of the molecule is Cc1ccc(S(=O)(=O)C2(CO)COC2)cc1C. The quantitative estimate of drug-likeness (QED) is 0.870. The number of hydrogen-bond donors (Lipinski definition) is 1. The zero-order valence-electron chi connectivity index (χ0n) is 9.93. The Morgan fingerprint density at radius 3 is 2.35 bits per heavy atom. The largest absolute Gasteiger partial charge is 0.395 e. The molecule has 0 bridgehead atoms. The second-order valence-corrected chi connectivity index (χ2v) is 6.93. The molecule has 0 amide bonds. The van der Waals surface area contributed by atoms with Gasteiger partial charge in [-0.1, -0.05) is 6.07 Å². The van der Waals surface area contributed by atoms with E-state index in [-0.39, 0.29) is 18.1 Å². The number of hydrogen-bond acceptors (Lipinski definition) is 4. The third-order valence-corrected chi connectivity index (χ3v) is 5.76. The van der Waals surface area contributed by atoms with Gasteiger partial charge in [-0.05, 0) is 37.1 Å². The van der Waals surface area contributed by atoms with E-state index in [0.717, 1.165) is 11.1 Å². The van der Waals surface area contributed by atoms with Crippen molar-refractivity contribution in [3.8, 4) is 0 Å². The van der Waals surface area contributed by atoms with E-state index >= 15 is 0 Å². The Kier molecular flexibility index (Phi) is 3.01. The molecule has 1 heterocycles. The Labute approximate surface area is 101 Å². The topological polar surface area (TPSA) is 63.6 Å². The first-order chi connectivity index (χ1) is 7.93. The summed E-state index contributed by atoms with van der Waals surface area (Å²) in [6.45, 7) is 3.54. The van der Waals surface area contributed by atoms with E-state index in [4.69, 9.17) is 4.74 Å². The predicted molar refractivity (Wildman–Crippen MR) is 63.7 cm³/mol. The van der Waals surface area contributed by atoms with Crippen molar-refractivity contribution in [2.75, 3.05) is 19.8 Å². The van der Waals surface area contributed by atoms with E-state index in [9.17, 15) is 13.5 Å².